The van der Waals surface area contributed by atoms with Gasteiger partial charge in [-0.15, -0.1) is 0 Å². The zero-order chi connectivity index (χ0) is 10.7. The molecule has 0 spiro atoms. The molecule has 2 atom stereocenters. The summed E-state index contributed by atoms with van der Waals surface area (Å²) in [6.07, 6.45) is 3.16. The lowest BCUT2D eigenvalue weighted by atomic mass is 9.71. The Labute approximate surface area is 90.7 Å². The first-order chi connectivity index (χ1) is 7.35. The standard InChI is InChI=1S/C13H16N2/c14-8-7-10-1-3-11(4-2-10)13-6-5-12(13)9-15/h1-4,12-13H,5-8,14H2. The van der Waals surface area contributed by atoms with Crippen LogP contribution in [0.2, 0.25) is 0 Å². The number of benzene rings is 1. The van der Waals surface area contributed by atoms with Gasteiger partial charge in [0.1, 0.15) is 0 Å². The fourth-order valence-electron chi connectivity index (χ4n) is 2.15. The first-order valence-corrected chi connectivity index (χ1v) is 5.53. The van der Waals surface area contributed by atoms with E-state index >= 15 is 0 Å². The van der Waals surface area contributed by atoms with Crippen LogP contribution in [0.1, 0.15) is 29.9 Å². The van der Waals surface area contributed by atoms with E-state index in [1.54, 1.807) is 0 Å². The number of rotatable bonds is 3. The molecule has 0 aliphatic heterocycles. The van der Waals surface area contributed by atoms with E-state index in [0.29, 0.717) is 12.5 Å². The van der Waals surface area contributed by atoms with Crippen molar-refractivity contribution in [3.05, 3.63) is 35.4 Å². The van der Waals surface area contributed by atoms with Crippen molar-refractivity contribution in [1.29, 1.82) is 5.26 Å². The Morgan fingerprint density at radius 1 is 1.27 bits per heavy atom. The van der Waals surface area contributed by atoms with Crippen molar-refractivity contribution in [3.63, 3.8) is 0 Å². The molecule has 1 fully saturated rings. The molecule has 0 aromatic heterocycles. The first-order valence-electron chi connectivity index (χ1n) is 5.53. The van der Waals surface area contributed by atoms with Crippen molar-refractivity contribution in [3.8, 4) is 6.07 Å². The normalized spacial score (nSPS) is 24.3. The largest absolute Gasteiger partial charge is 0.330 e. The molecule has 1 aliphatic carbocycles. The van der Waals surface area contributed by atoms with E-state index in [1.807, 2.05) is 0 Å². The summed E-state index contributed by atoms with van der Waals surface area (Å²) in [5, 5.41) is 8.89. The van der Waals surface area contributed by atoms with Gasteiger partial charge < -0.3 is 5.73 Å². The third-order valence-electron chi connectivity index (χ3n) is 3.28. The molecule has 78 valence electrons. The first kappa shape index (κ1) is 10.2. The van der Waals surface area contributed by atoms with Crippen LogP contribution in [0.3, 0.4) is 0 Å². The van der Waals surface area contributed by atoms with Gasteiger partial charge in [0.25, 0.3) is 0 Å². The summed E-state index contributed by atoms with van der Waals surface area (Å²) in [6, 6.07) is 10.9. The van der Waals surface area contributed by atoms with E-state index < -0.39 is 0 Å². The minimum absolute atomic E-state index is 0.241. The van der Waals surface area contributed by atoms with Gasteiger partial charge in [-0.25, -0.2) is 0 Å². The highest BCUT2D eigenvalue weighted by Gasteiger charge is 2.31. The van der Waals surface area contributed by atoms with Gasteiger partial charge in [0.2, 0.25) is 0 Å². The van der Waals surface area contributed by atoms with Crippen molar-refractivity contribution in [2.75, 3.05) is 6.54 Å². The number of hydrogen-bond donors (Lipinski definition) is 1. The molecule has 2 N–H and O–H groups in total. The molecule has 0 bridgehead atoms. The molecule has 1 aliphatic rings. The summed E-state index contributed by atoms with van der Waals surface area (Å²) in [4.78, 5) is 0. The third-order valence-corrected chi connectivity index (χ3v) is 3.28. The summed E-state index contributed by atoms with van der Waals surface area (Å²) in [7, 11) is 0. The van der Waals surface area contributed by atoms with E-state index in [0.717, 1.165) is 19.3 Å². The molecular formula is C13H16N2. The molecule has 0 heterocycles. The zero-order valence-electron chi connectivity index (χ0n) is 8.82. The Hall–Kier alpha value is -1.33. The van der Waals surface area contributed by atoms with E-state index in [-0.39, 0.29) is 5.92 Å². The lowest BCUT2D eigenvalue weighted by molar-refractivity contribution is 0.325. The van der Waals surface area contributed by atoms with Crippen molar-refractivity contribution in [1.82, 2.24) is 0 Å². The lowest BCUT2D eigenvalue weighted by Gasteiger charge is -2.31. The van der Waals surface area contributed by atoms with Crippen LogP contribution in [0.25, 0.3) is 0 Å². The predicted octanol–water partition coefficient (Wildman–Crippen LogP) is 2.20. The molecule has 1 saturated carbocycles. The van der Waals surface area contributed by atoms with E-state index in [2.05, 4.69) is 30.3 Å². The van der Waals surface area contributed by atoms with Crippen LogP contribution in [0.4, 0.5) is 0 Å². The van der Waals surface area contributed by atoms with Gasteiger partial charge in [-0.1, -0.05) is 24.3 Å². The highest BCUT2D eigenvalue weighted by molar-refractivity contribution is 5.29. The van der Waals surface area contributed by atoms with Crippen molar-refractivity contribution in [2.45, 2.75) is 25.2 Å². The summed E-state index contributed by atoms with van der Waals surface area (Å²) >= 11 is 0. The van der Waals surface area contributed by atoms with Gasteiger partial charge in [0.05, 0.1) is 12.0 Å². The minimum atomic E-state index is 0.241. The van der Waals surface area contributed by atoms with E-state index in [4.69, 9.17) is 11.0 Å². The molecule has 2 nitrogen and oxygen atoms in total. The van der Waals surface area contributed by atoms with Gasteiger partial charge in [-0.3, -0.25) is 0 Å². The zero-order valence-corrected chi connectivity index (χ0v) is 8.82. The second kappa shape index (κ2) is 4.46. The quantitative estimate of drug-likeness (QED) is 0.813. The molecule has 1 aromatic carbocycles. The fourth-order valence-corrected chi connectivity index (χ4v) is 2.15. The van der Waals surface area contributed by atoms with Crippen LogP contribution in [0.15, 0.2) is 24.3 Å². The van der Waals surface area contributed by atoms with Gasteiger partial charge in [-0.05, 0) is 42.9 Å². The highest BCUT2D eigenvalue weighted by Crippen LogP contribution is 2.41. The maximum absolute atomic E-state index is 8.89. The predicted molar refractivity (Wildman–Crippen MR) is 60.3 cm³/mol. The molecule has 0 radical (unpaired) electrons. The summed E-state index contributed by atoms with van der Waals surface area (Å²) < 4.78 is 0. The molecular weight excluding hydrogens is 184 g/mol. The smallest absolute Gasteiger partial charge is 0.0662 e. The molecule has 0 amide bonds. The Kier molecular flexibility index (Phi) is 3.03. The second-order valence-electron chi connectivity index (χ2n) is 4.20. The van der Waals surface area contributed by atoms with Crippen molar-refractivity contribution in [2.24, 2.45) is 11.7 Å². The van der Waals surface area contributed by atoms with E-state index in [1.165, 1.54) is 11.1 Å². The van der Waals surface area contributed by atoms with Crippen LogP contribution in [-0.4, -0.2) is 6.54 Å². The second-order valence-corrected chi connectivity index (χ2v) is 4.20. The van der Waals surface area contributed by atoms with Crippen molar-refractivity contribution < 1.29 is 0 Å². The Bertz CT molecular complexity index is 361. The number of hydrogen-bond acceptors (Lipinski definition) is 2. The SMILES string of the molecule is N#CC1CCC1c1ccc(CCN)cc1. The average Bonchev–Trinajstić information content (AvgIpc) is 2.20. The number of nitriles is 1. The molecule has 1 aromatic rings. The molecule has 2 heteroatoms. The lowest BCUT2D eigenvalue weighted by Crippen LogP contribution is -2.22. The topological polar surface area (TPSA) is 49.8 Å². The van der Waals surface area contributed by atoms with Crippen molar-refractivity contribution >= 4 is 0 Å². The molecule has 2 rings (SSSR count). The van der Waals surface area contributed by atoms with Crippen LogP contribution in [-0.2, 0) is 6.42 Å². The van der Waals surface area contributed by atoms with Crippen LogP contribution >= 0.6 is 0 Å². The van der Waals surface area contributed by atoms with E-state index in [9.17, 15) is 0 Å². The number of nitrogens with zero attached hydrogens (tertiary/aromatic N) is 1. The molecule has 15 heavy (non-hydrogen) atoms. The van der Waals surface area contributed by atoms with Gasteiger partial charge in [0.15, 0.2) is 0 Å². The van der Waals surface area contributed by atoms with Crippen LogP contribution < -0.4 is 5.73 Å². The Morgan fingerprint density at radius 2 is 2.00 bits per heavy atom. The maximum Gasteiger partial charge on any atom is 0.0662 e. The average molecular weight is 200 g/mol. The molecule has 2 unspecified atom stereocenters. The summed E-state index contributed by atoms with van der Waals surface area (Å²) in [5.74, 6) is 0.715. The van der Waals surface area contributed by atoms with Gasteiger partial charge >= 0.3 is 0 Å². The van der Waals surface area contributed by atoms with Crippen LogP contribution in [0, 0.1) is 17.2 Å². The summed E-state index contributed by atoms with van der Waals surface area (Å²) in [5.41, 5.74) is 8.10. The number of nitrogens with two attached hydrogens (primary N) is 1. The Balaban J connectivity index is 2.07. The highest BCUT2D eigenvalue weighted by atomic mass is 14.5. The van der Waals surface area contributed by atoms with Gasteiger partial charge in [-0.2, -0.15) is 5.26 Å². The fraction of sp³-hybridized carbons (Fsp3) is 0.462. The monoisotopic (exact) mass is 200 g/mol. The van der Waals surface area contributed by atoms with Gasteiger partial charge in [0, 0.05) is 0 Å². The van der Waals surface area contributed by atoms with Crippen LogP contribution in [0.5, 0.6) is 0 Å². The maximum atomic E-state index is 8.89. The minimum Gasteiger partial charge on any atom is -0.330 e. The third kappa shape index (κ3) is 2.03. The summed E-state index contributed by atoms with van der Waals surface area (Å²) in [6.45, 7) is 0.698. The molecule has 0 saturated heterocycles. The Morgan fingerprint density at radius 3 is 2.47 bits per heavy atom.